The van der Waals surface area contributed by atoms with Crippen LogP contribution in [0.5, 0.6) is 0 Å². The van der Waals surface area contributed by atoms with Crippen LogP contribution in [0.1, 0.15) is 0 Å². The maximum atomic E-state index is 12.8. The van der Waals surface area contributed by atoms with Crippen LogP contribution in [0.3, 0.4) is 0 Å². The van der Waals surface area contributed by atoms with Crippen LogP contribution >= 0.6 is 27.3 Å². The van der Waals surface area contributed by atoms with E-state index in [1.807, 2.05) is 0 Å². The third-order valence-electron chi connectivity index (χ3n) is 1.90. The third kappa shape index (κ3) is 1.59. The highest BCUT2D eigenvalue weighted by molar-refractivity contribution is 9.11. The number of rotatable bonds is 1. The molecule has 0 aliphatic heterocycles. The van der Waals surface area contributed by atoms with Gasteiger partial charge in [-0.05, 0) is 33.4 Å². The Morgan fingerprint density at radius 1 is 1.36 bits per heavy atom. The van der Waals surface area contributed by atoms with Crippen molar-refractivity contribution in [2.45, 2.75) is 0 Å². The Balaban J connectivity index is 2.77. The first-order valence-electron chi connectivity index (χ1n) is 3.83. The molecule has 0 fully saturated rings. The number of benzene rings is 1. The molecule has 0 saturated carbocycles. The van der Waals surface area contributed by atoms with E-state index in [-0.39, 0.29) is 5.82 Å². The molecular weight excluding hydrogens is 270 g/mol. The molecule has 2 aromatic rings. The van der Waals surface area contributed by atoms with Crippen molar-refractivity contribution >= 4 is 49.9 Å². The second kappa shape index (κ2) is 3.62. The molecule has 0 aliphatic carbocycles. The quantitative estimate of drug-likeness (QED) is 0.774. The van der Waals surface area contributed by atoms with Crippen LogP contribution in [0.2, 0.25) is 0 Å². The first kappa shape index (κ1) is 10.1. The minimum absolute atomic E-state index is 0.328. The number of halogens is 2. The van der Waals surface area contributed by atoms with Gasteiger partial charge >= 0.3 is 7.12 Å². The first-order chi connectivity index (χ1) is 6.59. The zero-order valence-corrected chi connectivity index (χ0v) is 9.27. The summed E-state index contributed by atoms with van der Waals surface area (Å²) < 4.78 is 14.2. The average molecular weight is 275 g/mol. The van der Waals surface area contributed by atoms with Crippen molar-refractivity contribution in [3.63, 3.8) is 0 Å². The van der Waals surface area contributed by atoms with Gasteiger partial charge in [-0.15, -0.1) is 11.3 Å². The SMILES string of the molecule is OB(O)c1c(Br)sc2cc(F)ccc12. The lowest BCUT2D eigenvalue weighted by Crippen LogP contribution is -2.29. The fourth-order valence-corrected chi connectivity index (χ4v) is 3.22. The monoisotopic (exact) mass is 274 g/mol. The van der Waals surface area contributed by atoms with Crippen molar-refractivity contribution in [2.75, 3.05) is 0 Å². The summed E-state index contributed by atoms with van der Waals surface area (Å²) in [6.07, 6.45) is 0. The molecule has 0 amide bonds. The zero-order chi connectivity index (χ0) is 10.3. The lowest BCUT2D eigenvalue weighted by atomic mass is 9.80. The number of fused-ring (bicyclic) bond motifs is 1. The summed E-state index contributed by atoms with van der Waals surface area (Å²) in [6, 6.07) is 4.21. The fraction of sp³-hybridized carbons (Fsp3) is 0. The van der Waals surface area contributed by atoms with Gasteiger partial charge in [0.15, 0.2) is 0 Å². The van der Waals surface area contributed by atoms with Gasteiger partial charge in [0.1, 0.15) is 5.82 Å². The normalized spacial score (nSPS) is 10.9. The average Bonchev–Trinajstić information content (AvgIpc) is 2.39. The van der Waals surface area contributed by atoms with Gasteiger partial charge in [0.25, 0.3) is 0 Å². The van der Waals surface area contributed by atoms with Crippen molar-refractivity contribution < 1.29 is 14.4 Å². The molecule has 2 nitrogen and oxygen atoms in total. The summed E-state index contributed by atoms with van der Waals surface area (Å²) in [5.74, 6) is -0.328. The van der Waals surface area contributed by atoms with Gasteiger partial charge in [-0.25, -0.2) is 4.39 Å². The van der Waals surface area contributed by atoms with Crippen LogP contribution in [-0.4, -0.2) is 17.2 Å². The maximum Gasteiger partial charge on any atom is 0.491 e. The molecule has 0 radical (unpaired) electrons. The Hall–Kier alpha value is -0.425. The van der Waals surface area contributed by atoms with E-state index in [2.05, 4.69) is 15.9 Å². The minimum atomic E-state index is -1.54. The largest absolute Gasteiger partial charge is 0.491 e. The third-order valence-corrected chi connectivity index (χ3v) is 3.77. The van der Waals surface area contributed by atoms with Crippen molar-refractivity contribution in [2.24, 2.45) is 0 Å². The predicted octanol–water partition coefficient (Wildman–Crippen LogP) is 1.48. The highest BCUT2D eigenvalue weighted by Gasteiger charge is 2.21. The smallest absolute Gasteiger partial charge is 0.423 e. The van der Waals surface area contributed by atoms with E-state index in [0.717, 1.165) is 0 Å². The van der Waals surface area contributed by atoms with Crippen LogP contribution in [0, 0.1) is 5.82 Å². The molecule has 0 unspecified atom stereocenters. The molecule has 1 aromatic heterocycles. The molecule has 14 heavy (non-hydrogen) atoms. The van der Waals surface area contributed by atoms with E-state index in [9.17, 15) is 4.39 Å². The van der Waals surface area contributed by atoms with Crippen LogP contribution in [-0.2, 0) is 0 Å². The summed E-state index contributed by atoms with van der Waals surface area (Å²) in [6.45, 7) is 0. The standard InChI is InChI=1S/C8H5BBrFO2S/c10-8-7(9(12)13)5-2-1-4(11)3-6(5)14-8/h1-3,12-13H. The van der Waals surface area contributed by atoms with Crippen LogP contribution in [0.25, 0.3) is 10.1 Å². The zero-order valence-electron chi connectivity index (χ0n) is 6.87. The van der Waals surface area contributed by atoms with Gasteiger partial charge in [-0.1, -0.05) is 6.07 Å². The Bertz CT molecular complexity index is 485. The van der Waals surface area contributed by atoms with Gasteiger partial charge in [0.05, 0.1) is 3.79 Å². The number of thiophene rings is 1. The van der Waals surface area contributed by atoms with Crippen molar-refractivity contribution in [1.82, 2.24) is 0 Å². The molecule has 6 heteroatoms. The summed E-state index contributed by atoms with van der Waals surface area (Å²) in [5, 5.41) is 18.9. The second-order valence-electron chi connectivity index (χ2n) is 2.80. The molecule has 72 valence electrons. The van der Waals surface area contributed by atoms with E-state index in [1.165, 1.54) is 23.5 Å². The molecule has 0 bridgehead atoms. The van der Waals surface area contributed by atoms with Crippen LogP contribution in [0.15, 0.2) is 22.0 Å². The van der Waals surface area contributed by atoms with Crippen LogP contribution in [0.4, 0.5) is 4.39 Å². The number of hydrogen-bond donors (Lipinski definition) is 2. The topological polar surface area (TPSA) is 40.5 Å². The fourth-order valence-electron chi connectivity index (χ4n) is 1.30. The summed E-state index contributed by atoms with van der Waals surface area (Å²) in [7, 11) is -1.54. The number of hydrogen-bond acceptors (Lipinski definition) is 3. The van der Waals surface area contributed by atoms with E-state index in [1.54, 1.807) is 6.07 Å². The van der Waals surface area contributed by atoms with Gasteiger partial charge in [-0.3, -0.25) is 0 Å². The van der Waals surface area contributed by atoms with Gasteiger partial charge in [0.2, 0.25) is 0 Å². The predicted molar refractivity (Wildman–Crippen MR) is 59.3 cm³/mol. The van der Waals surface area contributed by atoms with Gasteiger partial charge < -0.3 is 10.0 Å². The Labute approximate surface area is 92.3 Å². The second-order valence-corrected chi connectivity index (χ2v) is 5.17. The molecule has 2 N–H and O–H groups in total. The maximum absolute atomic E-state index is 12.8. The van der Waals surface area contributed by atoms with E-state index in [0.29, 0.717) is 19.3 Å². The van der Waals surface area contributed by atoms with Gasteiger partial charge in [-0.2, -0.15) is 0 Å². The van der Waals surface area contributed by atoms with Crippen molar-refractivity contribution in [1.29, 1.82) is 0 Å². The van der Waals surface area contributed by atoms with E-state index < -0.39 is 7.12 Å². The van der Waals surface area contributed by atoms with E-state index >= 15 is 0 Å². The highest BCUT2D eigenvalue weighted by Crippen LogP contribution is 2.28. The molecule has 0 spiro atoms. The van der Waals surface area contributed by atoms with Gasteiger partial charge in [0, 0.05) is 10.2 Å². The lowest BCUT2D eigenvalue weighted by molar-refractivity contribution is 0.426. The van der Waals surface area contributed by atoms with E-state index in [4.69, 9.17) is 10.0 Å². The molecule has 1 heterocycles. The molecular formula is C8H5BBrFO2S. The lowest BCUT2D eigenvalue weighted by Gasteiger charge is -1.97. The highest BCUT2D eigenvalue weighted by atomic mass is 79.9. The van der Waals surface area contributed by atoms with Crippen molar-refractivity contribution in [3.8, 4) is 0 Å². The molecule has 2 rings (SSSR count). The van der Waals surface area contributed by atoms with Crippen LogP contribution < -0.4 is 5.46 Å². The molecule has 0 aliphatic rings. The van der Waals surface area contributed by atoms with Crippen molar-refractivity contribution in [3.05, 3.63) is 27.8 Å². The Morgan fingerprint density at radius 3 is 2.71 bits per heavy atom. The summed E-state index contributed by atoms with van der Waals surface area (Å²) in [5.41, 5.74) is 0.394. The Kier molecular flexibility index (Phi) is 2.61. The first-order valence-corrected chi connectivity index (χ1v) is 5.44. The molecule has 1 aromatic carbocycles. The Morgan fingerprint density at radius 2 is 2.07 bits per heavy atom. The summed E-state index contributed by atoms with van der Waals surface area (Å²) >= 11 is 4.49. The molecule has 0 atom stereocenters. The minimum Gasteiger partial charge on any atom is -0.423 e. The summed E-state index contributed by atoms with van der Waals surface area (Å²) in [4.78, 5) is 0. The molecule has 0 saturated heterocycles.